The fraction of sp³-hybridized carbons (Fsp3) is 0.684. The Labute approximate surface area is 156 Å². The van der Waals surface area contributed by atoms with Crippen molar-refractivity contribution in [2.45, 2.75) is 45.1 Å². The van der Waals surface area contributed by atoms with Gasteiger partial charge in [0.1, 0.15) is 5.76 Å². The largest absolute Gasteiger partial charge is 0.469 e. The number of carbonyl (C=O) groups excluding carboxylic acids is 1. The van der Waals surface area contributed by atoms with Gasteiger partial charge in [0, 0.05) is 45.8 Å². The van der Waals surface area contributed by atoms with Gasteiger partial charge in [-0.15, -0.1) is 0 Å². The van der Waals surface area contributed by atoms with Gasteiger partial charge in [-0.2, -0.15) is 0 Å². The Kier molecular flexibility index (Phi) is 9.03. The second kappa shape index (κ2) is 11.6. The Balaban J connectivity index is 1.74. The maximum atomic E-state index is 12.1. The molecule has 0 unspecified atom stereocenters. The van der Waals surface area contributed by atoms with Gasteiger partial charge < -0.3 is 24.7 Å². The van der Waals surface area contributed by atoms with E-state index < -0.39 is 0 Å². The number of likely N-dealkylation sites (tertiary alicyclic amines) is 1. The van der Waals surface area contributed by atoms with Crippen LogP contribution in [0.3, 0.4) is 0 Å². The lowest BCUT2D eigenvalue weighted by molar-refractivity contribution is -0.133. The van der Waals surface area contributed by atoms with Crippen molar-refractivity contribution in [3.8, 4) is 0 Å². The highest BCUT2D eigenvalue weighted by Crippen LogP contribution is 2.11. The highest BCUT2D eigenvalue weighted by atomic mass is 16.5. The first-order chi connectivity index (χ1) is 12.7. The maximum absolute atomic E-state index is 12.1. The lowest BCUT2D eigenvalue weighted by atomic mass is 10.0. The average molecular weight is 364 g/mol. The molecule has 2 N–H and O–H groups in total. The molecule has 26 heavy (non-hydrogen) atoms. The predicted octanol–water partition coefficient (Wildman–Crippen LogP) is 1.79. The third-order valence-electron chi connectivity index (χ3n) is 4.45. The maximum Gasteiger partial charge on any atom is 0.224 e. The molecular formula is C19H32N4O3. The first-order valence-corrected chi connectivity index (χ1v) is 9.57. The number of amides is 1. The van der Waals surface area contributed by atoms with Gasteiger partial charge in [0.2, 0.25) is 5.91 Å². The van der Waals surface area contributed by atoms with E-state index in [9.17, 15) is 4.79 Å². The molecule has 1 aliphatic rings. The number of rotatable bonds is 9. The van der Waals surface area contributed by atoms with Crippen LogP contribution in [0.15, 0.2) is 27.8 Å². The van der Waals surface area contributed by atoms with E-state index in [4.69, 9.17) is 9.15 Å². The number of methoxy groups -OCH3 is 1. The lowest BCUT2D eigenvalue weighted by Crippen LogP contribution is -2.50. The molecule has 146 valence electrons. The Bertz CT molecular complexity index is 537. The molecule has 0 radical (unpaired) electrons. The number of hydrogen-bond donors (Lipinski definition) is 2. The number of aliphatic imine (C=N–C) groups is 1. The summed E-state index contributed by atoms with van der Waals surface area (Å²) in [6.07, 6.45) is 5.87. The molecule has 1 aromatic rings. The predicted molar refractivity (Wildman–Crippen MR) is 102 cm³/mol. The molecule has 0 atom stereocenters. The van der Waals surface area contributed by atoms with Crippen LogP contribution < -0.4 is 10.6 Å². The van der Waals surface area contributed by atoms with Crippen LogP contribution in [0.25, 0.3) is 0 Å². The number of nitrogens with zero attached hydrogens (tertiary/aromatic N) is 2. The molecule has 0 bridgehead atoms. The molecule has 1 aromatic heterocycles. The zero-order valence-corrected chi connectivity index (χ0v) is 16.0. The third kappa shape index (κ3) is 7.07. The van der Waals surface area contributed by atoms with Crippen molar-refractivity contribution < 1.29 is 13.9 Å². The first-order valence-electron chi connectivity index (χ1n) is 9.57. The van der Waals surface area contributed by atoms with E-state index in [1.165, 1.54) is 0 Å². The Morgan fingerprint density at radius 1 is 1.42 bits per heavy atom. The van der Waals surface area contributed by atoms with E-state index in [-0.39, 0.29) is 5.91 Å². The Morgan fingerprint density at radius 2 is 2.23 bits per heavy atom. The molecule has 0 saturated carbocycles. The monoisotopic (exact) mass is 364 g/mol. The molecule has 0 spiro atoms. The molecule has 2 heterocycles. The zero-order chi connectivity index (χ0) is 18.6. The van der Waals surface area contributed by atoms with E-state index in [1.54, 1.807) is 13.4 Å². The fourth-order valence-corrected chi connectivity index (χ4v) is 2.95. The van der Waals surface area contributed by atoms with E-state index in [0.29, 0.717) is 19.1 Å². The highest BCUT2D eigenvalue weighted by Gasteiger charge is 2.23. The number of furan rings is 1. The van der Waals surface area contributed by atoms with Gasteiger partial charge in [-0.25, -0.2) is 0 Å². The van der Waals surface area contributed by atoms with Crippen LogP contribution in [-0.4, -0.2) is 62.7 Å². The molecule has 1 aliphatic heterocycles. The normalized spacial score (nSPS) is 15.9. The minimum Gasteiger partial charge on any atom is -0.469 e. The van der Waals surface area contributed by atoms with Crippen molar-refractivity contribution in [1.29, 1.82) is 0 Å². The Morgan fingerprint density at radius 3 is 2.88 bits per heavy atom. The van der Waals surface area contributed by atoms with Gasteiger partial charge in [-0.1, -0.05) is 6.92 Å². The summed E-state index contributed by atoms with van der Waals surface area (Å²) >= 11 is 0. The lowest BCUT2D eigenvalue weighted by Gasteiger charge is -2.33. The van der Waals surface area contributed by atoms with Crippen molar-refractivity contribution in [2.24, 2.45) is 4.99 Å². The van der Waals surface area contributed by atoms with Crippen LogP contribution in [0.2, 0.25) is 0 Å². The smallest absolute Gasteiger partial charge is 0.224 e. The van der Waals surface area contributed by atoms with Crippen LogP contribution in [0.4, 0.5) is 0 Å². The number of nitrogens with one attached hydrogen (secondary N) is 2. The van der Waals surface area contributed by atoms with E-state index >= 15 is 0 Å². The molecule has 7 nitrogen and oxygen atoms in total. The number of guanidine groups is 1. The van der Waals surface area contributed by atoms with Gasteiger partial charge >= 0.3 is 0 Å². The van der Waals surface area contributed by atoms with E-state index in [1.807, 2.05) is 17.0 Å². The summed E-state index contributed by atoms with van der Waals surface area (Å²) in [5.74, 6) is 2.00. The number of ether oxygens (including phenoxy) is 1. The molecular weight excluding hydrogens is 332 g/mol. The molecule has 1 saturated heterocycles. The number of carbonyl (C=O) groups is 1. The van der Waals surface area contributed by atoms with Gasteiger partial charge in [0.25, 0.3) is 0 Å². The van der Waals surface area contributed by atoms with Crippen LogP contribution in [0, 0.1) is 0 Å². The van der Waals surface area contributed by atoms with Crippen LogP contribution in [0.5, 0.6) is 0 Å². The quantitative estimate of drug-likeness (QED) is 0.516. The standard InChI is InChI=1S/C19H32N4O3/c1-3-10-20-19(21-11-6-17-5-4-14-26-17)22-16-7-12-23(13-8-16)18(24)9-15-25-2/h4-5,14,16H,3,6-13,15H2,1-2H3,(H2,20,21,22). The first kappa shape index (κ1) is 20.3. The summed E-state index contributed by atoms with van der Waals surface area (Å²) < 4.78 is 10.4. The number of hydrogen-bond acceptors (Lipinski definition) is 4. The molecule has 7 heteroatoms. The van der Waals surface area contributed by atoms with Gasteiger partial charge in [-0.05, 0) is 31.4 Å². The summed E-state index contributed by atoms with van der Waals surface area (Å²) in [5, 5.41) is 6.90. The van der Waals surface area contributed by atoms with Gasteiger partial charge in [0.05, 0.1) is 19.3 Å². The van der Waals surface area contributed by atoms with Crippen molar-refractivity contribution in [3.05, 3.63) is 24.2 Å². The van der Waals surface area contributed by atoms with Crippen molar-refractivity contribution in [1.82, 2.24) is 15.5 Å². The number of piperidine rings is 1. The van der Waals surface area contributed by atoms with Gasteiger partial charge in [-0.3, -0.25) is 9.79 Å². The van der Waals surface area contributed by atoms with Crippen LogP contribution >= 0.6 is 0 Å². The fourth-order valence-electron chi connectivity index (χ4n) is 2.95. The Hall–Kier alpha value is -2.02. The van der Waals surface area contributed by atoms with Crippen molar-refractivity contribution in [3.63, 3.8) is 0 Å². The molecule has 1 fully saturated rings. The topological polar surface area (TPSA) is 79.1 Å². The summed E-state index contributed by atoms with van der Waals surface area (Å²) in [6.45, 7) is 5.75. The second-order valence-electron chi connectivity index (χ2n) is 6.53. The van der Waals surface area contributed by atoms with Crippen molar-refractivity contribution >= 4 is 11.9 Å². The van der Waals surface area contributed by atoms with E-state index in [0.717, 1.165) is 63.6 Å². The molecule has 0 aromatic carbocycles. The summed E-state index contributed by atoms with van der Waals surface area (Å²) in [4.78, 5) is 18.6. The van der Waals surface area contributed by atoms with Crippen molar-refractivity contribution in [2.75, 3.05) is 39.9 Å². The van der Waals surface area contributed by atoms with E-state index in [2.05, 4.69) is 22.5 Å². The van der Waals surface area contributed by atoms with Gasteiger partial charge in [0.15, 0.2) is 5.96 Å². The minimum atomic E-state index is 0.182. The highest BCUT2D eigenvalue weighted by molar-refractivity contribution is 5.80. The second-order valence-corrected chi connectivity index (χ2v) is 6.53. The summed E-state index contributed by atoms with van der Waals surface area (Å²) in [7, 11) is 1.62. The average Bonchev–Trinajstić information content (AvgIpc) is 3.18. The summed E-state index contributed by atoms with van der Waals surface area (Å²) in [6, 6.07) is 4.23. The van der Waals surface area contributed by atoms with Crippen LogP contribution in [0.1, 0.15) is 38.4 Å². The molecule has 1 amide bonds. The summed E-state index contributed by atoms with van der Waals surface area (Å²) in [5.41, 5.74) is 0. The zero-order valence-electron chi connectivity index (χ0n) is 16.0. The minimum absolute atomic E-state index is 0.182. The molecule has 2 rings (SSSR count). The SMILES string of the molecule is CCCN=C(NCCc1ccco1)NC1CCN(C(=O)CCOC)CC1. The molecule has 0 aliphatic carbocycles. The third-order valence-corrected chi connectivity index (χ3v) is 4.45. The van der Waals surface area contributed by atoms with Crippen LogP contribution in [-0.2, 0) is 16.0 Å².